The van der Waals surface area contributed by atoms with Crippen LogP contribution in [-0.2, 0) is 24.4 Å². The number of aliphatic carboxylic acids is 1. The Morgan fingerprint density at radius 2 is 2.04 bits per heavy atom. The van der Waals surface area contributed by atoms with Crippen LogP contribution in [0, 0.1) is 0 Å². The zero-order valence-corrected chi connectivity index (χ0v) is 14.5. The summed E-state index contributed by atoms with van der Waals surface area (Å²) in [4.78, 5) is 24.9. The molecule has 3 saturated heterocycles. The molecular formula is C12H19N2O7S2+. The quantitative estimate of drug-likeness (QED) is 0.324. The maximum atomic E-state index is 12.8. The van der Waals surface area contributed by atoms with Crippen molar-refractivity contribution in [1.82, 2.24) is 0 Å². The maximum absolute atomic E-state index is 12.8. The highest BCUT2D eigenvalue weighted by Crippen LogP contribution is 2.68. The highest BCUT2D eigenvalue weighted by Gasteiger charge is 2.93. The largest absolute Gasteiger partial charge is 0.475 e. The maximum Gasteiger partial charge on any atom is 0.397 e. The number of carbonyl (C=O) groups is 2. The van der Waals surface area contributed by atoms with Crippen molar-refractivity contribution in [3.05, 3.63) is 0 Å². The number of amides is 1. The molecule has 5 atom stereocenters. The van der Waals surface area contributed by atoms with Gasteiger partial charge >= 0.3 is 17.6 Å². The van der Waals surface area contributed by atoms with E-state index in [-0.39, 0.29) is 13.0 Å². The Balaban J connectivity index is 2.25. The summed E-state index contributed by atoms with van der Waals surface area (Å²) >= 11 is 1.22. The summed E-state index contributed by atoms with van der Waals surface area (Å²) in [6, 6.07) is 0. The van der Waals surface area contributed by atoms with Crippen molar-refractivity contribution in [2.45, 2.75) is 46.9 Å². The van der Waals surface area contributed by atoms with E-state index in [2.05, 4.69) is 0 Å². The Morgan fingerprint density at radius 3 is 2.48 bits per heavy atom. The van der Waals surface area contributed by atoms with Crippen LogP contribution in [0.1, 0.15) is 20.3 Å². The molecule has 11 heteroatoms. The fourth-order valence-corrected chi connectivity index (χ4v) is 7.51. The van der Waals surface area contributed by atoms with Crippen molar-refractivity contribution in [2.24, 2.45) is 5.73 Å². The number of piperidine rings is 2. The second-order valence-corrected chi connectivity index (χ2v) is 10.3. The van der Waals surface area contributed by atoms with E-state index < -0.39 is 53.1 Å². The van der Waals surface area contributed by atoms with E-state index in [0.29, 0.717) is 0 Å². The first-order valence-corrected chi connectivity index (χ1v) is 9.34. The smallest absolute Gasteiger partial charge is 0.397 e. The Hall–Kier alpha value is -0.720. The van der Waals surface area contributed by atoms with Gasteiger partial charge in [0, 0.05) is 13.5 Å². The number of nitrogens with two attached hydrogens (primary N) is 1. The Morgan fingerprint density at radius 1 is 1.48 bits per heavy atom. The van der Waals surface area contributed by atoms with Crippen molar-refractivity contribution in [3.8, 4) is 0 Å². The minimum atomic E-state index is -4.46. The first kappa shape index (κ1) is 17.1. The Labute approximate surface area is 137 Å². The molecule has 2 bridgehead atoms. The van der Waals surface area contributed by atoms with Crippen molar-refractivity contribution in [2.75, 3.05) is 13.7 Å². The van der Waals surface area contributed by atoms with Gasteiger partial charge in [-0.1, -0.05) is 11.8 Å². The van der Waals surface area contributed by atoms with Crippen molar-refractivity contribution < 1.29 is 36.9 Å². The fraction of sp³-hybridized carbons (Fsp3) is 0.833. The number of nitrogens with zero attached hydrogens (tertiary/aromatic N) is 1. The molecule has 3 fully saturated rings. The molecule has 1 amide bonds. The number of carbonyl (C=O) groups excluding carboxylic acids is 1. The molecule has 0 aromatic carbocycles. The number of hydrogen-bond donors (Lipinski definition) is 3. The van der Waals surface area contributed by atoms with Crippen molar-refractivity contribution in [1.29, 1.82) is 0 Å². The lowest BCUT2D eigenvalue weighted by atomic mass is 9.72. The van der Waals surface area contributed by atoms with Crippen LogP contribution in [0.25, 0.3) is 0 Å². The number of hydrogen-bond acceptors (Lipinski definition) is 7. The molecule has 3 rings (SSSR count). The molecule has 23 heavy (non-hydrogen) atoms. The summed E-state index contributed by atoms with van der Waals surface area (Å²) in [6.07, 6.45) is -0.224. The average Bonchev–Trinajstić information content (AvgIpc) is 2.60. The van der Waals surface area contributed by atoms with Crippen molar-refractivity contribution >= 4 is 33.8 Å². The summed E-state index contributed by atoms with van der Waals surface area (Å²) in [7, 11) is -3.27. The molecule has 3 heterocycles. The third kappa shape index (κ3) is 1.56. The third-order valence-corrected chi connectivity index (χ3v) is 8.48. The van der Waals surface area contributed by atoms with E-state index in [9.17, 15) is 27.7 Å². The molecular weight excluding hydrogens is 348 g/mol. The predicted octanol–water partition coefficient (Wildman–Crippen LogP) is -1.02. The number of quaternary nitrogens is 1. The van der Waals surface area contributed by atoms with Gasteiger partial charge in [0.15, 0.2) is 10.9 Å². The summed E-state index contributed by atoms with van der Waals surface area (Å²) in [5, 5.41) is 7.93. The average molecular weight is 367 g/mol. The SMILES string of the molecule is CO[C@]1(C(=O)O)C(C)(C)S[C@@H]2C3(N)CC(S(=O)(=O)O)C[N+]21C3=O. The van der Waals surface area contributed by atoms with Gasteiger partial charge in [-0.15, -0.1) is 0 Å². The number of rotatable bonds is 3. The summed E-state index contributed by atoms with van der Waals surface area (Å²) < 4.78 is 36.2. The normalized spacial score (nSPS) is 47.8. The molecule has 0 aromatic rings. The minimum Gasteiger partial charge on any atom is -0.475 e. The number of thioether (sulfide) groups is 1. The fourth-order valence-electron chi connectivity index (χ4n) is 4.63. The summed E-state index contributed by atoms with van der Waals surface area (Å²) in [5.41, 5.74) is 2.69. The van der Waals surface area contributed by atoms with Gasteiger partial charge in [-0.25, -0.2) is 14.1 Å². The summed E-state index contributed by atoms with van der Waals surface area (Å²) in [5.74, 6) is -1.91. The van der Waals surface area contributed by atoms with E-state index in [1.54, 1.807) is 13.8 Å². The van der Waals surface area contributed by atoms with Crippen LogP contribution >= 0.6 is 11.8 Å². The molecule has 3 aliphatic heterocycles. The second kappa shape index (κ2) is 4.27. The zero-order valence-electron chi connectivity index (χ0n) is 12.8. The summed E-state index contributed by atoms with van der Waals surface area (Å²) in [6.45, 7) is 2.90. The van der Waals surface area contributed by atoms with E-state index in [1.807, 2.05) is 0 Å². The monoisotopic (exact) mass is 367 g/mol. The van der Waals surface area contributed by atoms with Gasteiger partial charge in [0.05, 0.1) is 0 Å². The third-order valence-electron chi connectivity index (χ3n) is 5.45. The van der Waals surface area contributed by atoms with Gasteiger partial charge in [-0.2, -0.15) is 8.42 Å². The topological polar surface area (TPSA) is 144 Å². The Kier molecular flexibility index (Phi) is 3.18. The molecule has 4 N–H and O–H groups in total. The highest BCUT2D eigenvalue weighted by atomic mass is 32.2. The van der Waals surface area contributed by atoms with Crippen LogP contribution in [0.15, 0.2) is 0 Å². The predicted molar refractivity (Wildman–Crippen MR) is 79.8 cm³/mol. The first-order chi connectivity index (χ1) is 10.3. The van der Waals surface area contributed by atoms with Crippen LogP contribution in [0.4, 0.5) is 0 Å². The van der Waals surface area contributed by atoms with E-state index in [0.717, 1.165) is 0 Å². The molecule has 0 spiro atoms. The zero-order chi connectivity index (χ0) is 17.6. The molecule has 0 aromatic heterocycles. The van der Waals surface area contributed by atoms with Gasteiger partial charge < -0.3 is 15.6 Å². The first-order valence-electron chi connectivity index (χ1n) is 6.95. The highest BCUT2D eigenvalue weighted by molar-refractivity contribution is 8.01. The van der Waals surface area contributed by atoms with E-state index in [1.165, 1.54) is 18.9 Å². The van der Waals surface area contributed by atoms with Gasteiger partial charge in [-0.3, -0.25) is 4.55 Å². The number of β-lactam (4-membered cyclic amide) rings is 1. The van der Waals surface area contributed by atoms with Crippen molar-refractivity contribution in [3.63, 3.8) is 0 Å². The number of ether oxygens (including phenoxy) is 1. The van der Waals surface area contributed by atoms with Gasteiger partial charge in [0.1, 0.15) is 16.5 Å². The lowest BCUT2D eigenvalue weighted by molar-refractivity contribution is -0.962. The lowest BCUT2D eigenvalue weighted by Crippen LogP contribution is -2.95. The number of carboxylic acid groups (broad SMARTS) is 1. The molecule has 0 saturated carbocycles. The molecule has 9 nitrogen and oxygen atoms in total. The van der Waals surface area contributed by atoms with E-state index in [4.69, 9.17) is 10.5 Å². The van der Waals surface area contributed by atoms with Crippen LogP contribution < -0.4 is 5.73 Å². The lowest BCUT2D eigenvalue weighted by Gasteiger charge is -2.63. The van der Waals surface area contributed by atoms with Crippen LogP contribution in [0.3, 0.4) is 0 Å². The number of carboxylic acids is 1. The molecule has 0 radical (unpaired) electrons. The molecule has 0 aliphatic carbocycles. The van der Waals surface area contributed by atoms with E-state index >= 15 is 0 Å². The Bertz CT molecular complexity index is 723. The van der Waals surface area contributed by atoms with Crippen LogP contribution in [-0.4, -0.2) is 74.7 Å². The van der Waals surface area contributed by atoms with Crippen LogP contribution in [0.2, 0.25) is 0 Å². The number of methoxy groups -OCH3 is 1. The molecule has 3 aliphatic rings. The van der Waals surface area contributed by atoms with Gasteiger partial charge in [0.25, 0.3) is 10.1 Å². The molecule has 3 unspecified atom stereocenters. The van der Waals surface area contributed by atoms with Crippen LogP contribution in [0.5, 0.6) is 0 Å². The van der Waals surface area contributed by atoms with Gasteiger partial charge in [0.2, 0.25) is 0 Å². The standard InChI is InChI=1S/C12H18N2O7S2/c1-10(2)12(21-3,9(16)17)14-5-6(23(18,19)20)4-11(13,7(14)15)8(14)22-10/h6,8H,4-5,13H2,1-3H3,(H-,16,17,18,19,20)/p+1/t6?,8-,11?,12-,14?/m1/s1. The second-order valence-electron chi connectivity index (χ2n) is 6.87. The molecule has 130 valence electrons. The minimum absolute atomic E-state index is 0.224. The van der Waals surface area contributed by atoms with Gasteiger partial charge in [-0.05, 0) is 13.8 Å².